The van der Waals surface area contributed by atoms with Gasteiger partial charge < -0.3 is 15.2 Å². The fraction of sp³-hybridized carbons (Fsp3) is 0.0526. The average molecular weight is 476 g/mol. The molecule has 3 heterocycles. The topological polar surface area (TPSA) is 100 Å². The van der Waals surface area contributed by atoms with Crippen LogP contribution in [-0.4, -0.2) is 31.2 Å². The smallest absolute Gasteiger partial charge is 0.437 e. The number of ether oxygens (including phenoxy) is 2. The van der Waals surface area contributed by atoms with Gasteiger partial charge in [0.05, 0.1) is 10.2 Å². The minimum Gasteiger partial charge on any atom is -0.437 e. The van der Waals surface area contributed by atoms with E-state index >= 15 is 0 Å². The molecule has 32 heavy (non-hydrogen) atoms. The Kier molecular flexibility index (Phi) is 4.98. The number of thiazole rings is 1. The molecule has 0 radical (unpaired) electrons. The van der Waals surface area contributed by atoms with E-state index < -0.39 is 12.1 Å². The number of halogens is 3. The zero-order valence-corrected chi connectivity index (χ0v) is 17.4. The van der Waals surface area contributed by atoms with Crippen molar-refractivity contribution in [3.8, 4) is 17.4 Å². The number of nitrogens with two attached hydrogens (primary N) is 1. The molecule has 0 spiro atoms. The maximum absolute atomic E-state index is 12.4. The molecule has 13 heteroatoms. The van der Waals surface area contributed by atoms with Crippen molar-refractivity contribution in [2.45, 2.75) is 16.4 Å². The molecule has 8 nitrogen and oxygen atoms in total. The number of hydrogen-bond donors (Lipinski definition) is 1. The number of alkyl halides is 3. The lowest BCUT2D eigenvalue weighted by Crippen LogP contribution is -2.17. The van der Waals surface area contributed by atoms with E-state index in [0.717, 1.165) is 21.2 Å². The molecule has 162 valence electrons. The van der Waals surface area contributed by atoms with Crippen molar-refractivity contribution in [1.82, 2.24) is 24.8 Å². The van der Waals surface area contributed by atoms with E-state index in [-0.39, 0.29) is 11.6 Å². The lowest BCUT2D eigenvalue weighted by Gasteiger charge is -2.10. The minimum atomic E-state index is -4.79. The van der Waals surface area contributed by atoms with Gasteiger partial charge >= 0.3 is 6.36 Å². The molecule has 0 bridgehead atoms. The van der Waals surface area contributed by atoms with Gasteiger partial charge in [0.1, 0.15) is 11.5 Å². The molecule has 5 aromatic rings. The number of hydrogen-bond acceptors (Lipinski definition) is 9. The Balaban J connectivity index is 1.40. The molecule has 0 saturated heterocycles. The molecule has 0 amide bonds. The summed E-state index contributed by atoms with van der Waals surface area (Å²) in [5, 5.41) is 13.6. The summed E-state index contributed by atoms with van der Waals surface area (Å²) in [5.41, 5.74) is 7.05. The van der Waals surface area contributed by atoms with Gasteiger partial charge in [-0.05, 0) is 48.2 Å². The highest BCUT2D eigenvalue weighted by Crippen LogP contribution is 2.33. The first-order chi connectivity index (χ1) is 15.3. The summed E-state index contributed by atoms with van der Waals surface area (Å²) >= 11 is 2.72. The fourth-order valence-corrected chi connectivity index (χ4v) is 4.49. The molecule has 3 aromatic heterocycles. The van der Waals surface area contributed by atoms with E-state index in [0.29, 0.717) is 15.9 Å². The summed E-state index contributed by atoms with van der Waals surface area (Å²) < 4.78 is 49.3. The highest BCUT2D eigenvalue weighted by atomic mass is 32.2. The van der Waals surface area contributed by atoms with Gasteiger partial charge in [0, 0.05) is 17.0 Å². The van der Waals surface area contributed by atoms with Crippen LogP contribution in [0, 0.1) is 0 Å². The Morgan fingerprint density at radius 1 is 1.00 bits per heavy atom. The van der Waals surface area contributed by atoms with Crippen molar-refractivity contribution >= 4 is 44.1 Å². The van der Waals surface area contributed by atoms with Crippen LogP contribution < -0.4 is 15.2 Å². The molecule has 2 aromatic carbocycles. The van der Waals surface area contributed by atoms with Gasteiger partial charge in [0.15, 0.2) is 10.8 Å². The van der Waals surface area contributed by atoms with Crippen molar-refractivity contribution in [2.24, 2.45) is 0 Å². The average Bonchev–Trinajstić information content (AvgIpc) is 3.29. The first-order valence-corrected chi connectivity index (χ1v) is 10.6. The van der Waals surface area contributed by atoms with Crippen LogP contribution in [0.4, 0.5) is 18.3 Å². The second-order valence-corrected chi connectivity index (χ2v) is 8.44. The summed E-state index contributed by atoms with van der Waals surface area (Å²) in [6.07, 6.45) is -4.79. The maximum atomic E-state index is 12.4. The molecule has 2 N–H and O–H groups in total. The Morgan fingerprint density at radius 3 is 2.69 bits per heavy atom. The normalized spacial score (nSPS) is 11.8. The van der Waals surface area contributed by atoms with Gasteiger partial charge in [-0.2, -0.15) is 4.52 Å². The summed E-state index contributed by atoms with van der Waals surface area (Å²) in [7, 11) is 0. The molecule has 0 aliphatic rings. The zero-order valence-electron chi connectivity index (χ0n) is 15.8. The van der Waals surface area contributed by atoms with Gasteiger partial charge in [-0.3, -0.25) is 0 Å². The summed E-state index contributed by atoms with van der Waals surface area (Å²) in [6, 6.07) is 14.1. The van der Waals surface area contributed by atoms with E-state index in [1.54, 1.807) is 12.1 Å². The SMILES string of the molecule is Nc1nc2ccc(Sc3nnc4ccc(Oc5cccc(OC(F)(F)F)c5)nn34)cc2s1. The number of aromatic nitrogens is 5. The molecule has 0 atom stereocenters. The third-order valence-electron chi connectivity index (χ3n) is 4.06. The van der Waals surface area contributed by atoms with Gasteiger partial charge in [-0.1, -0.05) is 17.4 Å². The fourth-order valence-electron chi connectivity index (χ4n) is 2.82. The van der Waals surface area contributed by atoms with Gasteiger partial charge in [0.2, 0.25) is 11.0 Å². The van der Waals surface area contributed by atoms with Crippen molar-refractivity contribution in [3.05, 3.63) is 54.6 Å². The molecule has 5 rings (SSSR count). The highest BCUT2D eigenvalue weighted by molar-refractivity contribution is 7.99. The van der Waals surface area contributed by atoms with Crippen molar-refractivity contribution in [2.75, 3.05) is 5.73 Å². The highest BCUT2D eigenvalue weighted by Gasteiger charge is 2.31. The number of nitrogen functional groups attached to an aromatic ring is 1. The predicted octanol–water partition coefficient (Wildman–Crippen LogP) is 5.16. The van der Waals surface area contributed by atoms with E-state index in [9.17, 15) is 13.2 Å². The summed E-state index contributed by atoms with van der Waals surface area (Å²) in [6.45, 7) is 0. The zero-order chi connectivity index (χ0) is 22.3. The van der Waals surface area contributed by atoms with Crippen LogP contribution in [0.15, 0.2) is 64.6 Å². The molecular weight excluding hydrogens is 465 g/mol. The molecule has 0 saturated carbocycles. The molecule has 0 unspecified atom stereocenters. The quantitative estimate of drug-likeness (QED) is 0.371. The van der Waals surface area contributed by atoms with Crippen LogP contribution in [0.2, 0.25) is 0 Å². The van der Waals surface area contributed by atoms with E-state index in [4.69, 9.17) is 10.5 Å². The largest absolute Gasteiger partial charge is 0.573 e. The van der Waals surface area contributed by atoms with Crippen LogP contribution in [0.3, 0.4) is 0 Å². The van der Waals surface area contributed by atoms with E-state index in [2.05, 4.69) is 25.0 Å². The Bertz CT molecular complexity index is 1440. The lowest BCUT2D eigenvalue weighted by atomic mass is 10.3. The molecule has 0 aliphatic heterocycles. The second kappa shape index (κ2) is 7.84. The standard InChI is InChI=1S/C19H11F3N6O2S2/c20-19(21,22)30-11-3-1-2-10(8-11)29-16-7-6-15-25-26-18(28(15)27-16)31-12-4-5-13-14(9-12)32-17(23)24-13/h1-9H,(H2,23,24). The van der Waals surface area contributed by atoms with Crippen LogP contribution in [0.25, 0.3) is 15.9 Å². The summed E-state index contributed by atoms with van der Waals surface area (Å²) in [4.78, 5) is 5.12. The van der Waals surface area contributed by atoms with Gasteiger partial charge in [-0.25, -0.2) is 4.98 Å². The molecule has 0 aliphatic carbocycles. The van der Waals surface area contributed by atoms with Crippen molar-refractivity contribution < 1.29 is 22.6 Å². The van der Waals surface area contributed by atoms with Crippen molar-refractivity contribution in [1.29, 1.82) is 0 Å². The molecular formula is C19H11F3N6O2S2. The summed E-state index contributed by atoms with van der Waals surface area (Å²) in [5.74, 6) is -0.112. The van der Waals surface area contributed by atoms with Crippen LogP contribution in [0.5, 0.6) is 17.4 Å². The number of benzene rings is 2. The third-order valence-corrected chi connectivity index (χ3v) is 5.83. The van der Waals surface area contributed by atoms with Gasteiger partial charge in [-0.15, -0.1) is 28.5 Å². The number of rotatable bonds is 5. The monoisotopic (exact) mass is 476 g/mol. The van der Waals surface area contributed by atoms with Crippen LogP contribution in [-0.2, 0) is 0 Å². The van der Waals surface area contributed by atoms with E-state index in [1.807, 2.05) is 18.2 Å². The van der Waals surface area contributed by atoms with Gasteiger partial charge in [0.25, 0.3) is 0 Å². The first-order valence-electron chi connectivity index (χ1n) is 8.92. The van der Waals surface area contributed by atoms with Crippen LogP contribution >= 0.6 is 23.1 Å². The Morgan fingerprint density at radius 2 is 1.84 bits per heavy atom. The number of fused-ring (bicyclic) bond motifs is 2. The van der Waals surface area contributed by atoms with Crippen molar-refractivity contribution in [3.63, 3.8) is 0 Å². The maximum Gasteiger partial charge on any atom is 0.573 e. The Hall–Kier alpha value is -3.58. The number of anilines is 1. The second-order valence-electron chi connectivity index (χ2n) is 6.33. The minimum absolute atomic E-state index is 0.133. The lowest BCUT2D eigenvalue weighted by molar-refractivity contribution is -0.274. The third kappa shape index (κ3) is 4.38. The van der Waals surface area contributed by atoms with E-state index in [1.165, 1.54) is 45.8 Å². The predicted molar refractivity (Wildman–Crippen MR) is 112 cm³/mol. The first kappa shape index (κ1) is 20.3. The number of nitrogens with zero attached hydrogens (tertiary/aromatic N) is 5. The molecule has 0 fully saturated rings. The van der Waals surface area contributed by atoms with Crippen LogP contribution in [0.1, 0.15) is 0 Å². The Labute approximate surface area is 185 Å².